The Morgan fingerprint density at radius 2 is 1.80 bits per heavy atom. The number of likely N-dealkylation sites (N-methyl/N-ethyl adjacent to an activating group) is 2. The van der Waals surface area contributed by atoms with Crippen LogP contribution >= 0.6 is 0 Å². The molecule has 2 N–H and O–H groups in total. The molecule has 1 aromatic rings. The quantitative estimate of drug-likeness (QED) is 0.784. The van der Waals surface area contributed by atoms with Crippen molar-refractivity contribution in [3.63, 3.8) is 0 Å². The lowest BCUT2D eigenvalue weighted by Crippen LogP contribution is -2.36. The molecule has 0 unspecified atom stereocenters. The molecule has 0 aliphatic carbocycles. The lowest BCUT2D eigenvalue weighted by Gasteiger charge is -2.35. The fraction of sp³-hybridized carbons (Fsp3) is 0.500. The molecule has 0 bridgehead atoms. The maximum atomic E-state index is 5.57. The second-order valence-electron chi connectivity index (χ2n) is 4.20. The summed E-state index contributed by atoms with van der Waals surface area (Å²) in [5.74, 6) is 0. The number of rotatable bonds is 2. The molecule has 3 nitrogen and oxygen atoms in total. The summed E-state index contributed by atoms with van der Waals surface area (Å²) in [7, 11) is 4.30. The molecule has 2 rings (SSSR count). The van der Waals surface area contributed by atoms with Crippen LogP contribution in [0.3, 0.4) is 0 Å². The molecule has 15 heavy (non-hydrogen) atoms. The van der Waals surface area contributed by atoms with Gasteiger partial charge in [0.15, 0.2) is 0 Å². The summed E-state index contributed by atoms with van der Waals surface area (Å²) in [4.78, 5) is 4.62. The summed E-state index contributed by atoms with van der Waals surface area (Å²) in [6, 6.07) is 6.65. The largest absolute Gasteiger partial charge is 0.371 e. The molecule has 3 heteroatoms. The first-order valence-corrected chi connectivity index (χ1v) is 5.47. The van der Waals surface area contributed by atoms with Crippen molar-refractivity contribution in [2.45, 2.75) is 6.42 Å². The number of anilines is 2. The van der Waals surface area contributed by atoms with Crippen LogP contribution in [-0.4, -0.2) is 33.7 Å². The van der Waals surface area contributed by atoms with Gasteiger partial charge in [0, 0.05) is 27.2 Å². The normalized spacial score (nSPS) is 15.4. The number of hydrogen-bond acceptors (Lipinski definition) is 3. The molecular weight excluding hydrogens is 186 g/mol. The van der Waals surface area contributed by atoms with Gasteiger partial charge in [0.1, 0.15) is 0 Å². The van der Waals surface area contributed by atoms with Gasteiger partial charge in [-0.15, -0.1) is 0 Å². The van der Waals surface area contributed by atoms with Gasteiger partial charge in [-0.1, -0.05) is 6.07 Å². The minimum absolute atomic E-state index is 0.721. The predicted octanol–water partition coefficient (Wildman–Crippen LogP) is 1.07. The van der Waals surface area contributed by atoms with Crippen LogP contribution in [-0.2, 0) is 6.42 Å². The van der Waals surface area contributed by atoms with Gasteiger partial charge in [0.05, 0.1) is 11.4 Å². The first-order chi connectivity index (χ1) is 7.22. The molecule has 1 aliphatic rings. The Morgan fingerprint density at radius 3 is 2.47 bits per heavy atom. The Bertz CT molecular complexity index is 349. The molecular formula is C12H19N3. The van der Waals surface area contributed by atoms with E-state index in [4.69, 9.17) is 5.73 Å². The molecule has 0 saturated carbocycles. The highest BCUT2D eigenvalue weighted by Crippen LogP contribution is 2.32. The molecule has 0 saturated heterocycles. The monoisotopic (exact) mass is 205 g/mol. The lowest BCUT2D eigenvalue weighted by atomic mass is 10.1. The fourth-order valence-electron chi connectivity index (χ4n) is 2.06. The standard InChI is InChI=1S/C12H19N3/c1-14-7-8-15(2)12-9-10(5-6-13)3-4-11(12)14/h3-4,9H,5-8,13H2,1-2H3. The van der Waals surface area contributed by atoms with Crippen molar-refractivity contribution in [2.75, 3.05) is 43.5 Å². The second-order valence-corrected chi connectivity index (χ2v) is 4.20. The molecule has 0 aromatic heterocycles. The lowest BCUT2D eigenvalue weighted by molar-refractivity contribution is 0.795. The summed E-state index contributed by atoms with van der Waals surface area (Å²) in [6.45, 7) is 2.91. The van der Waals surface area contributed by atoms with Crippen LogP contribution in [0.15, 0.2) is 18.2 Å². The number of nitrogens with two attached hydrogens (primary N) is 1. The van der Waals surface area contributed by atoms with Crippen molar-refractivity contribution in [1.29, 1.82) is 0 Å². The summed E-state index contributed by atoms with van der Waals surface area (Å²) in [5.41, 5.74) is 9.56. The Kier molecular flexibility index (Phi) is 2.82. The van der Waals surface area contributed by atoms with Gasteiger partial charge in [-0.25, -0.2) is 0 Å². The molecule has 1 aliphatic heterocycles. The Labute approximate surface area is 91.5 Å². The minimum atomic E-state index is 0.721. The van der Waals surface area contributed by atoms with E-state index in [2.05, 4.69) is 42.1 Å². The van der Waals surface area contributed by atoms with Crippen LogP contribution in [0.25, 0.3) is 0 Å². The third-order valence-electron chi connectivity index (χ3n) is 3.07. The van der Waals surface area contributed by atoms with Crippen LogP contribution in [0, 0.1) is 0 Å². The van der Waals surface area contributed by atoms with E-state index in [1.807, 2.05) is 0 Å². The van der Waals surface area contributed by atoms with Gasteiger partial charge in [-0.3, -0.25) is 0 Å². The maximum absolute atomic E-state index is 5.57. The zero-order chi connectivity index (χ0) is 10.8. The number of nitrogens with zero attached hydrogens (tertiary/aromatic N) is 2. The fourth-order valence-corrected chi connectivity index (χ4v) is 2.06. The second kappa shape index (κ2) is 4.11. The highest BCUT2D eigenvalue weighted by molar-refractivity contribution is 5.73. The van der Waals surface area contributed by atoms with E-state index < -0.39 is 0 Å². The van der Waals surface area contributed by atoms with Gasteiger partial charge in [0.2, 0.25) is 0 Å². The van der Waals surface area contributed by atoms with Crippen molar-refractivity contribution in [2.24, 2.45) is 5.73 Å². The summed E-state index contributed by atoms with van der Waals surface area (Å²) in [6.07, 6.45) is 0.963. The van der Waals surface area contributed by atoms with Gasteiger partial charge in [-0.2, -0.15) is 0 Å². The predicted molar refractivity (Wildman–Crippen MR) is 65.7 cm³/mol. The van der Waals surface area contributed by atoms with Gasteiger partial charge < -0.3 is 15.5 Å². The molecule has 82 valence electrons. The molecule has 0 spiro atoms. The summed E-state index contributed by atoms with van der Waals surface area (Å²) < 4.78 is 0. The molecule has 1 heterocycles. The van der Waals surface area contributed by atoms with Crippen LogP contribution in [0.5, 0.6) is 0 Å². The topological polar surface area (TPSA) is 32.5 Å². The molecule has 0 atom stereocenters. The van der Waals surface area contributed by atoms with Crippen LogP contribution in [0.4, 0.5) is 11.4 Å². The van der Waals surface area contributed by atoms with E-state index in [1.165, 1.54) is 16.9 Å². The van der Waals surface area contributed by atoms with Gasteiger partial charge in [0.25, 0.3) is 0 Å². The van der Waals surface area contributed by atoms with Crippen molar-refractivity contribution in [3.8, 4) is 0 Å². The number of fused-ring (bicyclic) bond motifs is 1. The first-order valence-electron chi connectivity index (χ1n) is 5.47. The zero-order valence-electron chi connectivity index (χ0n) is 9.53. The first kappa shape index (κ1) is 10.3. The number of hydrogen-bond donors (Lipinski definition) is 1. The number of benzene rings is 1. The minimum Gasteiger partial charge on any atom is -0.371 e. The third-order valence-corrected chi connectivity index (χ3v) is 3.07. The third kappa shape index (κ3) is 1.92. The maximum Gasteiger partial charge on any atom is 0.0604 e. The summed E-state index contributed by atoms with van der Waals surface area (Å²) in [5, 5.41) is 0. The summed E-state index contributed by atoms with van der Waals surface area (Å²) >= 11 is 0. The zero-order valence-corrected chi connectivity index (χ0v) is 9.53. The SMILES string of the molecule is CN1CCN(C)c2cc(CCN)ccc21. The molecule has 1 aromatic carbocycles. The smallest absolute Gasteiger partial charge is 0.0604 e. The van der Waals surface area contributed by atoms with Crippen molar-refractivity contribution in [1.82, 2.24) is 0 Å². The van der Waals surface area contributed by atoms with Gasteiger partial charge in [-0.05, 0) is 30.7 Å². The van der Waals surface area contributed by atoms with Crippen molar-refractivity contribution < 1.29 is 0 Å². The Balaban J connectivity index is 2.36. The van der Waals surface area contributed by atoms with E-state index in [-0.39, 0.29) is 0 Å². The van der Waals surface area contributed by atoms with E-state index >= 15 is 0 Å². The highest BCUT2D eigenvalue weighted by atomic mass is 15.2. The van der Waals surface area contributed by atoms with E-state index in [0.717, 1.165) is 26.1 Å². The van der Waals surface area contributed by atoms with Crippen LogP contribution in [0.2, 0.25) is 0 Å². The molecule has 0 fully saturated rings. The molecule has 0 radical (unpaired) electrons. The average Bonchev–Trinajstić information content (AvgIpc) is 2.24. The van der Waals surface area contributed by atoms with E-state index in [1.54, 1.807) is 0 Å². The van der Waals surface area contributed by atoms with Crippen LogP contribution in [0.1, 0.15) is 5.56 Å². The Hall–Kier alpha value is -1.22. The van der Waals surface area contributed by atoms with Crippen molar-refractivity contribution in [3.05, 3.63) is 23.8 Å². The highest BCUT2D eigenvalue weighted by Gasteiger charge is 2.17. The van der Waals surface area contributed by atoms with Crippen molar-refractivity contribution >= 4 is 11.4 Å². The van der Waals surface area contributed by atoms with Gasteiger partial charge >= 0.3 is 0 Å². The Morgan fingerprint density at radius 1 is 1.13 bits per heavy atom. The molecule has 0 amide bonds. The average molecular weight is 205 g/mol. The van der Waals surface area contributed by atoms with E-state index in [9.17, 15) is 0 Å². The van der Waals surface area contributed by atoms with E-state index in [0.29, 0.717) is 0 Å². The van der Waals surface area contributed by atoms with Crippen LogP contribution < -0.4 is 15.5 Å².